The molecule has 1 aromatic heterocycles. The van der Waals surface area contributed by atoms with Gasteiger partial charge >= 0.3 is 0 Å². The third kappa shape index (κ3) is 3.39. The molecule has 1 aliphatic carbocycles. The van der Waals surface area contributed by atoms with Crippen LogP contribution in [0.2, 0.25) is 0 Å². The first-order valence-corrected chi connectivity index (χ1v) is 7.34. The molecule has 2 rings (SSSR count). The van der Waals surface area contributed by atoms with Crippen LogP contribution in [0, 0.1) is 0 Å². The first-order chi connectivity index (χ1) is 8.31. The Morgan fingerprint density at radius 1 is 1.35 bits per heavy atom. The molecule has 0 radical (unpaired) electrons. The van der Waals surface area contributed by atoms with Gasteiger partial charge in [0.25, 0.3) is 0 Å². The molecule has 1 N–H and O–H groups in total. The zero-order valence-electron chi connectivity index (χ0n) is 10.8. The molecule has 0 spiro atoms. The lowest BCUT2D eigenvalue weighted by Crippen LogP contribution is -2.33. The number of nitrogens with zero attached hydrogens (tertiary/aromatic N) is 3. The molecule has 17 heavy (non-hydrogen) atoms. The molecule has 0 saturated heterocycles. The Morgan fingerprint density at radius 2 is 2.12 bits per heavy atom. The highest BCUT2D eigenvalue weighted by atomic mass is 32.1. The minimum absolute atomic E-state index is 0.736. The van der Waals surface area contributed by atoms with Gasteiger partial charge in [0.15, 0.2) is 0 Å². The predicted molar refractivity (Wildman–Crippen MR) is 72.4 cm³/mol. The summed E-state index contributed by atoms with van der Waals surface area (Å²) in [6.07, 6.45) is 6.84. The number of nitrogens with one attached hydrogen (secondary N) is 1. The summed E-state index contributed by atoms with van der Waals surface area (Å²) in [6.45, 7) is 3.96. The highest BCUT2D eigenvalue weighted by molar-refractivity contribution is 7.10. The van der Waals surface area contributed by atoms with Gasteiger partial charge in [0.2, 0.25) is 0 Å². The quantitative estimate of drug-likeness (QED) is 0.877. The minimum atomic E-state index is 0.736. The van der Waals surface area contributed by atoms with Crippen molar-refractivity contribution in [1.29, 1.82) is 0 Å². The van der Waals surface area contributed by atoms with Crippen LogP contribution in [0.4, 0.5) is 5.00 Å². The van der Waals surface area contributed by atoms with Crippen molar-refractivity contribution in [1.82, 2.24) is 14.5 Å². The summed E-state index contributed by atoms with van der Waals surface area (Å²) < 4.78 is 4.04. The fourth-order valence-corrected chi connectivity index (χ4v) is 3.13. The van der Waals surface area contributed by atoms with Crippen molar-refractivity contribution in [2.45, 2.75) is 51.6 Å². The van der Waals surface area contributed by atoms with Crippen LogP contribution in [0.15, 0.2) is 0 Å². The van der Waals surface area contributed by atoms with E-state index in [4.69, 9.17) is 0 Å². The van der Waals surface area contributed by atoms with Crippen LogP contribution in [-0.2, 0) is 6.54 Å². The lowest BCUT2D eigenvalue weighted by atomic mass is 9.94. The van der Waals surface area contributed by atoms with Crippen molar-refractivity contribution in [2.24, 2.45) is 0 Å². The van der Waals surface area contributed by atoms with E-state index in [-0.39, 0.29) is 0 Å². The Kier molecular flexibility index (Phi) is 4.74. The fourth-order valence-electron chi connectivity index (χ4n) is 2.49. The molecular weight excluding hydrogens is 232 g/mol. The second kappa shape index (κ2) is 6.31. The standard InChI is InChI=1S/C12H22N4S/c1-3-13-12-11(14-15-17-12)9-16(2)10-7-5-4-6-8-10/h10,13H,3-9H2,1-2H3. The zero-order chi connectivity index (χ0) is 12.1. The summed E-state index contributed by atoms with van der Waals surface area (Å²) >= 11 is 1.46. The second-order valence-corrected chi connectivity index (χ2v) is 5.54. The Bertz CT molecular complexity index is 333. The molecule has 0 bridgehead atoms. The highest BCUT2D eigenvalue weighted by Crippen LogP contribution is 2.25. The minimum Gasteiger partial charge on any atom is -0.374 e. The fraction of sp³-hybridized carbons (Fsp3) is 0.833. The molecule has 0 aliphatic heterocycles. The molecule has 1 aliphatic rings. The van der Waals surface area contributed by atoms with Gasteiger partial charge in [0, 0.05) is 30.7 Å². The van der Waals surface area contributed by atoms with Crippen molar-refractivity contribution in [3.05, 3.63) is 5.69 Å². The summed E-state index contributed by atoms with van der Waals surface area (Å²) in [5.41, 5.74) is 1.10. The van der Waals surface area contributed by atoms with E-state index in [9.17, 15) is 0 Å². The van der Waals surface area contributed by atoms with Crippen LogP contribution >= 0.6 is 11.5 Å². The van der Waals surface area contributed by atoms with Crippen molar-refractivity contribution in [3.8, 4) is 0 Å². The van der Waals surface area contributed by atoms with E-state index in [1.54, 1.807) is 0 Å². The Balaban J connectivity index is 1.92. The number of hydrogen-bond donors (Lipinski definition) is 1. The average Bonchev–Trinajstić information content (AvgIpc) is 2.78. The van der Waals surface area contributed by atoms with Gasteiger partial charge in [0.1, 0.15) is 10.7 Å². The van der Waals surface area contributed by atoms with Crippen LogP contribution in [0.1, 0.15) is 44.7 Å². The lowest BCUT2D eigenvalue weighted by Gasteiger charge is -2.30. The van der Waals surface area contributed by atoms with Crippen molar-refractivity contribution in [3.63, 3.8) is 0 Å². The number of anilines is 1. The molecule has 0 aromatic carbocycles. The SMILES string of the molecule is CCNc1snnc1CN(C)C1CCCCC1. The van der Waals surface area contributed by atoms with Crippen LogP contribution in [0.3, 0.4) is 0 Å². The van der Waals surface area contributed by atoms with Crippen molar-refractivity contribution >= 4 is 16.5 Å². The van der Waals surface area contributed by atoms with Crippen molar-refractivity contribution < 1.29 is 0 Å². The zero-order valence-corrected chi connectivity index (χ0v) is 11.6. The van der Waals surface area contributed by atoms with Gasteiger partial charge in [-0.3, -0.25) is 4.90 Å². The van der Waals surface area contributed by atoms with Crippen LogP contribution < -0.4 is 5.32 Å². The molecule has 5 heteroatoms. The Labute approximate surface area is 108 Å². The molecule has 1 aromatic rings. The summed E-state index contributed by atoms with van der Waals surface area (Å²) in [6, 6.07) is 0.736. The van der Waals surface area contributed by atoms with Gasteiger partial charge < -0.3 is 5.32 Å². The molecule has 1 heterocycles. The average molecular weight is 254 g/mol. The van der Waals surface area contributed by atoms with E-state index in [0.29, 0.717) is 0 Å². The van der Waals surface area contributed by atoms with Gasteiger partial charge in [0.05, 0.1) is 0 Å². The maximum atomic E-state index is 4.23. The number of aromatic nitrogens is 2. The van der Waals surface area contributed by atoms with Gasteiger partial charge in [-0.15, -0.1) is 5.10 Å². The van der Waals surface area contributed by atoms with E-state index < -0.39 is 0 Å². The van der Waals surface area contributed by atoms with Crippen LogP contribution in [-0.4, -0.2) is 34.1 Å². The molecule has 96 valence electrons. The van der Waals surface area contributed by atoms with Gasteiger partial charge in [-0.25, -0.2) is 0 Å². The van der Waals surface area contributed by atoms with E-state index in [0.717, 1.165) is 29.8 Å². The first kappa shape index (κ1) is 12.8. The van der Waals surface area contributed by atoms with Crippen LogP contribution in [0.5, 0.6) is 0 Å². The first-order valence-electron chi connectivity index (χ1n) is 6.56. The largest absolute Gasteiger partial charge is 0.374 e. The lowest BCUT2D eigenvalue weighted by molar-refractivity contribution is 0.183. The molecule has 0 amide bonds. The monoisotopic (exact) mass is 254 g/mol. The third-order valence-corrected chi connectivity index (χ3v) is 4.22. The highest BCUT2D eigenvalue weighted by Gasteiger charge is 2.20. The van der Waals surface area contributed by atoms with E-state index in [2.05, 4.69) is 33.8 Å². The molecule has 1 saturated carbocycles. The third-order valence-electron chi connectivity index (χ3n) is 3.49. The van der Waals surface area contributed by atoms with E-state index in [1.807, 2.05) is 0 Å². The summed E-state index contributed by atoms with van der Waals surface area (Å²) in [4.78, 5) is 2.44. The number of rotatable bonds is 5. The predicted octanol–water partition coefficient (Wildman–Crippen LogP) is 2.73. The van der Waals surface area contributed by atoms with Gasteiger partial charge in [-0.2, -0.15) is 0 Å². The smallest absolute Gasteiger partial charge is 0.134 e. The van der Waals surface area contributed by atoms with Crippen molar-refractivity contribution in [2.75, 3.05) is 18.9 Å². The normalized spacial score (nSPS) is 17.6. The molecular formula is C12H22N4S. The summed E-state index contributed by atoms with van der Waals surface area (Å²) in [5, 5.41) is 8.70. The maximum absolute atomic E-state index is 4.23. The molecule has 4 nitrogen and oxygen atoms in total. The van der Waals surface area contributed by atoms with Gasteiger partial charge in [-0.1, -0.05) is 23.8 Å². The topological polar surface area (TPSA) is 41.1 Å². The van der Waals surface area contributed by atoms with E-state index >= 15 is 0 Å². The Morgan fingerprint density at radius 3 is 2.82 bits per heavy atom. The Hall–Kier alpha value is -0.680. The maximum Gasteiger partial charge on any atom is 0.134 e. The number of hydrogen-bond acceptors (Lipinski definition) is 5. The molecule has 0 atom stereocenters. The van der Waals surface area contributed by atoms with Gasteiger partial charge in [-0.05, 0) is 26.8 Å². The van der Waals surface area contributed by atoms with Crippen LogP contribution in [0.25, 0.3) is 0 Å². The van der Waals surface area contributed by atoms with E-state index in [1.165, 1.54) is 43.6 Å². The summed E-state index contributed by atoms with van der Waals surface area (Å²) in [7, 11) is 2.21. The molecule has 0 unspecified atom stereocenters. The summed E-state index contributed by atoms with van der Waals surface area (Å²) in [5.74, 6) is 0. The molecule has 1 fully saturated rings. The second-order valence-electron chi connectivity index (χ2n) is 4.79.